The number of hydrogen-bond acceptors (Lipinski definition) is 2. The number of nitrogens with two attached hydrogens (primary N) is 1. The summed E-state index contributed by atoms with van der Waals surface area (Å²) < 4.78 is 158. The molecule has 3 aromatic carbocycles. The van der Waals surface area contributed by atoms with E-state index >= 15 is 0 Å². The molecule has 0 aliphatic carbocycles. The van der Waals surface area contributed by atoms with Gasteiger partial charge in [0.2, 0.25) is 5.69 Å². The van der Waals surface area contributed by atoms with Gasteiger partial charge in [-0.25, -0.2) is 0 Å². The molecule has 0 fully saturated rings. The van der Waals surface area contributed by atoms with Crippen molar-refractivity contribution < 1.29 is 70.4 Å². The lowest BCUT2D eigenvalue weighted by Gasteiger charge is -2.19. The van der Waals surface area contributed by atoms with E-state index in [1.807, 2.05) is 12.1 Å². The third-order valence-corrected chi connectivity index (χ3v) is 6.43. The Morgan fingerprint density at radius 2 is 1.28 bits per heavy atom. The molecular formula is C26H21B2F14N5. The minimum Gasteiger partial charge on any atom is -0.418 e. The summed E-state index contributed by atoms with van der Waals surface area (Å²) in [5.74, 6) is 1.34. The fourth-order valence-electron chi connectivity index (χ4n) is 4.44. The van der Waals surface area contributed by atoms with Crippen LogP contribution in [0.4, 0.5) is 83.7 Å². The van der Waals surface area contributed by atoms with Gasteiger partial charge in [-0.1, -0.05) is 0 Å². The van der Waals surface area contributed by atoms with Crippen LogP contribution < -0.4 is 15.6 Å². The maximum Gasteiger partial charge on any atom is 0.673 e. The summed E-state index contributed by atoms with van der Waals surface area (Å²) in [6, 6.07) is 12.0. The number of benzene rings is 3. The van der Waals surface area contributed by atoms with Gasteiger partial charge in [-0.15, -0.1) is 4.58 Å². The first-order valence-electron chi connectivity index (χ1n) is 12.8. The van der Waals surface area contributed by atoms with Crippen LogP contribution in [0.3, 0.4) is 0 Å². The van der Waals surface area contributed by atoms with E-state index in [-0.39, 0.29) is 5.69 Å². The summed E-state index contributed by atoms with van der Waals surface area (Å²) in [6.45, 7) is 0. The van der Waals surface area contributed by atoms with Gasteiger partial charge in [-0.3, -0.25) is 0 Å². The van der Waals surface area contributed by atoms with Crippen LogP contribution in [-0.4, -0.2) is 50.2 Å². The standard InChI is InChI=1S/C26H19F6N5.2BF4/c1-36(18-6-3-16(4-7-18)25(27,28)29)23-19-9-15-13-35-24(20(15)10-14(19)12-34-23)37(2)22-8-5-17(11-21(22)33)26(30,31)32;2*2-1(3,4)5/h3-13H,33H2,1-2H3;;/q;2*-1/p+2. The van der Waals surface area contributed by atoms with Crippen molar-refractivity contribution in [3.63, 3.8) is 0 Å². The number of aromatic nitrogens is 1. The zero-order chi connectivity index (χ0) is 35.7. The average molecular weight is 691 g/mol. The SMILES string of the molecule is CN(c1ccc(C(F)(F)F)cc1)c1[nH]cc2cc3c(cc12)C=[NH+]C3=[N+](C)c1ccc(C(F)(F)F)cc1N.F[B-](F)(F)F.F[B-](F)(F)F. The molecule has 21 heteroatoms. The van der Waals surface area contributed by atoms with Gasteiger partial charge in [0.1, 0.15) is 24.1 Å². The molecule has 254 valence electrons. The number of nitrogen functional groups attached to an aromatic ring is 1. The van der Waals surface area contributed by atoms with Crippen LogP contribution in [0.15, 0.2) is 60.8 Å². The average Bonchev–Trinajstić information content (AvgIpc) is 3.52. The minimum absolute atomic E-state index is 0.0109. The molecule has 5 rings (SSSR count). The van der Waals surface area contributed by atoms with E-state index in [4.69, 9.17) is 5.73 Å². The fraction of sp³-hybridized carbons (Fsp3) is 0.154. The number of H-pyrrole nitrogens is 1. The summed E-state index contributed by atoms with van der Waals surface area (Å²) in [6.07, 6.45) is -5.34. The van der Waals surface area contributed by atoms with Crippen molar-refractivity contribution in [2.24, 2.45) is 0 Å². The summed E-state index contributed by atoms with van der Waals surface area (Å²) in [7, 11) is -8.54. The Bertz CT molecular complexity index is 1760. The molecule has 4 aromatic rings. The van der Waals surface area contributed by atoms with Crippen molar-refractivity contribution >= 4 is 60.2 Å². The lowest BCUT2D eigenvalue weighted by molar-refractivity contribution is -0.477. The van der Waals surface area contributed by atoms with E-state index in [0.29, 0.717) is 23.0 Å². The van der Waals surface area contributed by atoms with Crippen LogP contribution in [0.25, 0.3) is 10.8 Å². The molecule has 47 heavy (non-hydrogen) atoms. The van der Waals surface area contributed by atoms with Crippen molar-refractivity contribution in [1.82, 2.24) is 4.98 Å². The van der Waals surface area contributed by atoms with E-state index < -0.39 is 38.0 Å². The van der Waals surface area contributed by atoms with Crippen LogP contribution >= 0.6 is 0 Å². The molecule has 2 heterocycles. The second kappa shape index (κ2) is 13.2. The number of halogens is 14. The Kier molecular flexibility index (Phi) is 10.3. The molecular weight excluding hydrogens is 670 g/mol. The van der Waals surface area contributed by atoms with Gasteiger partial charge < -0.3 is 50.1 Å². The van der Waals surface area contributed by atoms with Gasteiger partial charge in [0.05, 0.1) is 16.7 Å². The highest BCUT2D eigenvalue weighted by molar-refractivity contribution is 6.50. The monoisotopic (exact) mass is 691 g/mol. The summed E-state index contributed by atoms with van der Waals surface area (Å²) in [4.78, 5) is 8.11. The Morgan fingerprint density at radius 3 is 1.77 bits per heavy atom. The molecule has 0 unspecified atom stereocenters. The number of rotatable bonds is 3. The molecule has 0 saturated carbocycles. The van der Waals surface area contributed by atoms with Gasteiger partial charge in [-0.2, -0.15) is 31.3 Å². The first-order chi connectivity index (χ1) is 21.3. The molecule has 0 amide bonds. The highest BCUT2D eigenvalue weighted by Crippen LogP contribution is 2.36. The number of hydrogen-bond donors (Lipinski definition) is 3. The smallest absolute Gasteiger partial charge is 0.418 e. The second-order valence-corrected chi connectivity index (χ2v) is 9.73. The van der Waals surface area contributed by atoms with E-state index in [1.54, 1.807) is 36.0 Å². The van der Waals surface area contributed by atoms with Crippen molar-refractivity contribution in [2.45, 2.75) is 12.4 Å². The van der Waals surface area contributed by atoms with Crippen LogP contribution in [0.5, 0.6) is 0 Å². The van der Waals surface area contributed by atoms with Crippen LogP contribution in [0, 0.1) is 0 Å². The Balaban J connectivity index is 0.000000526. The molecule has 1 aliphatic heterocycles. The maximum atomic E-state index is 13.0. The number of nitrogens with one attached hydrogen (secondary N) is 2. The third kappa shape index (κ3) is 9.89. The van der Waals surface area contributed by atoms with Crippen LogP contribution in [0.2, 0.25) is 0 Å². The normalized spacial score (nSPS) is 14.2. The molecule has 0 spiro atoms. The first kappa shape index (κ1) is 36.8. The lowest BCUT2D eigenvalue weighted by Crippen LogP contribution is -2.73. The van der Waals surface area contributed by atoms with E-state index in [0.717, 1.165) is 46.2 Å². The maximum absolute atomic E-state index is 13.0. The number of nitrogens with zero attached hydrogens (tertiary/aromatic N) is 2. The van der Waals surface area contributed by atoms with Gasteiger partial charge in [-0.05, 0) is 48.5 Å². The molecule has 5 nitrogen and oxygen atoms in total. The Morgan fingerprint density at radius 1 is 0.766 bits per heavy atom. The third-order valence-electron chi connectivity index (χ3n) is 6.43. The molecule has 1 aromatic heterocycles. The van der Waals surface area contributed by atoms with Gasteiger partial charge in [0.25, 0.3) is 0 Å². The fourth-order valence-corrected chi connectivity index (χ4v) is 4.44. The summed E-state index contributed by atoms with van der Waals surface area (Å²) in [5, 5.41) is 1.69. The van der Waals surface area contributed by atoms with E-state index in [1.165, 1.54) is 18.2 Å². The van der Waals surface area contributed by atoms with Crippen molar-refractivity contribution in [3.05, 3.63) is 83.0 Å². The Labute approximate surface area is 256 Å². The van der Waals surface area contributed by atoms with E-state index in [2.05, 4.69) is 9.98 Å². The van der Waals surface area contributed by atoms with Crippen molar-refractivity contribution in [3.8, 4) is 0 Å². The molecule has 0 radical (unpaired) electrons. The van der Waals surface area contributed by atoms with Crippen LogP contribution in [-0.2, 0) is 12.4 Å². The Hall–Kier alpha value is -4.71. The highest BCUT2D eigenvalue weighted by atomic mass is 19.5. The minimum atomic E-state index is -6.00. The largest absolute Gasteiger partial charge is 0.673 e. The second-order valence-electron chi connectivity index (χ2n) is 9.73. The number of fused-ring (bicyclic) bond motifs is 2. The zero-order valence-electron chi connectivity index (χ0n) is 23.8. The molecule has 0 bridgehead atoms. The zero-order valence-corrected chi connectivity index (χ0v) is 23.8. The molecule has 4 N–H and O–H groups in total. The van der Waals surface area contributed by atoms with Gasteiger partial charge in [0, 0.05) is 35.8 Å². The predicted molar refractivity (Wildman–Crippen MR) is 150 cm³/mol. The molecule has 0 saturated heterocycles. The quantitative estimate of drug-likeness (QED) is 0.0909. The number of amidine groups is 1. The van der Waals surface area contributed by atoms with Crippen LogP contribution in [0.1, 0.15) is 22.3 Å². The lowest BCUT2D eigenvalue weighted by atomic mass is 10.0. The molecule has 0 atom stereocenters. The van der Waals surface area contributed by atoms with Crippen molar-refractivity contribution in [1.29, 1.82) is 0 Å². The topological polar surface area (TPSA) is 62.0 Å². The van der Waals surface area contributed by atoms with E-state index in [9.17, 15) is 60.9 Å². The van der Waals surface area contributed by atoms with Gasteiger partial charge >= 0.3 is 32.7 Å². The highest BCUT2D eigenvalue weighted by Gasteiger charge is 2.35. The van der Waals surface area contributed by atoms with Gasteiger partial charge in [0.15, 0.2) is 6.21 Å². The number of aromatic amines is 1. The number of alkyl halides is 6. The van der Waals surface area contributed by atoms with Crippen molar-refractivity contribution in [2.75, 3.05) is 24.7 Å². The first-order valence-corrected chi connectivity index (χ1v) is 12.8. The number of anilines is 3. The molecule has 1 aliphatic rings. The summed E-state index contributed by atoms with van der Waals surface area (Å²) in [5.41, 5.74) is 7.04. The summed E-state index contributed by atoms with van der Waals surface area (Å²) >= 11 is 0. The predicted octanol–water partition coefficient (Wildman–Crippen LogP) is 7.39.